The molecule has 1 aliphatic rings. The quantitative estimate of drug-likeness (QED) is 0.694. The van der Waals surface area contributed by atoms with Crippen molar-refractivity contribution in [3.8, 4) is 0 Å². The van der Waals surface area contributed by atoms with Crippen molar-refractivity contribution in [2.24, 2.45) is 0 Å². The van der Waals surface area contributed by atoms with E-state index in [9.17, 15) is 13.6 Å². The number of aromatic amines is 1. The van der Waals surface area contributed by atoms with Crippen LogP contribution in [0.3, 0.4) is 0 Å². The van der Waals surface area contributed by atoms with Gasteiger partial charge in [0.05, 0.1) is 22.8 Å². The summed E-state index contributed by atoms with van der Waals surface area (Å²) in [7, 11) is 0. The molecule has 0 aliphatic carbocycles. The molecule has 1 N–H and O–H groups in total. The van der Waals surface area contributed by atoms with E-state index in [1.165, 1.54) is 36.0 Å². The molecule has 1 amide bonds. The molecule has 1 atom stereocenters. The monoisotopic (exact) mass is 373 g/mol. The van der Waals surface area contributed by atoms with E-state index in [1.807, 2.05) is 4.90 Å². The first kappa shape index (κ1) is 17.0. The van der Waals surface area contributed by atoms with Crippen molar-refractivity contribution in [3.63, 3.8) is 0 Å². The number of thioether (sulfide) groups is 1. The first-order chi connectivity index (χ1) is 12.6. The summed E-state index contributed by atoms with van der Waals surface area (Å²) in [5.41, 5.74) is 1.33. The number of hydrogen-bond donors (Lipinski definition) is 1. The van der Waals surface area contributed by atoms with Crippen LogP contribution in [0.5, 0.6) is 0 Å². The fraction of sp³-hybridized carbons (Fsp3) is 0.263. The molecule has 1 unspecified atom stereocenters. The number of carbonyl (C=O) groups is 1. The Morgan fingerprint density at radius 2 is 1.96 bits per heavy atom. The van der Waals surface area contributed by atoms with Gasteiger partial charge in [-0.1, -0.05) is 0 Å². The van der Waals surface area contributed by atoms with Crippen molar-refractivity contribution in [3.05, 3.63) is 59.9 Å². The van der Waals surface area contributed by atoms with E-state index >= 15 is 0 Å². The van der Waals surface area contributed by atoms with Crippen molar-refractivity contribution in [1.29, 1.82) is 0 Å². The molecule has 1 aliphatic heterocycles. The number of H-pyrrole nitrogens is 1. The third-order valence-corrected chi connectivity index (χ3v) is 5.52. The topological polar surface area (TPSA) is 49.0 Å². The highest BCUT2D eigenvalue weighted by atomic mass is 32.2. The smallest absolute Gasteiger partial charge is 0.233 e. The number of rotatable bonds is 4. The Balaban J connectivity index is 1.48. The average molecular weight is 373 g/mol. The number of likely N-dealkylation sites (tertiary alicyclic amines) is 1. The summed E-state index contributed by atoms with van der Waals surface area (Å²) in [5.74, 6) is 0.401. The van der Waals surface area contributed by atoms with Crippen LogP contribution < -0.4 is 0 Å². The molecule has 7 heteroatoms. The molecule has 26 heavy (non-hydrogen) atoms. The van der Waals surface area contributed by atoms with Gasteiger partial charge in [0.25, 0.3) is 0 Å². The van der Waals surface area contributed by atoms with Gasteiger partial charge in [0.2, 0.25) is 5.91 Å². The molecular formula is C19H17F2N3OS. The first-order valence-corrected chi connectivity index (χ1v) is 9.42. The van der Waals surface area contributed by atoms with Crippen LogP contribution in [0.4, 0.5) is 8.78 Å². The molecule has 3 aromatic rings. The Labute approximate surface area is 153 Å². The SMILES string of the molecule is O=C(CSc1ccc(F)cc1)N1CCCC1c1nc2ccc(F)cc2[nH]1. The van der Waals surface area contributed by atoms with Gasteiger partial charge < -0.3 is 9.88 Å². The summed E-state index contributed by atoms with van der Waals surface area (Å²) < 4.78 is 26.3. The summed E-state index contributed by atoms with van der Waals surface area (Å²) in [4.78, 5) is 23.0. The van der Waals surface area contributed by atoms with Gasteiger partial charge in [-0.3, -0.25) is 4.79 Å². The maximum absolute atomic E-state index is 13.4. The molecule has 0 saturated carbocycles. The number of carbonyl (C=O) groups excluding carboxylic acids is 1. The molecule has 0 bridgehead atoms. The van der Waals surface area contributed by atoms with Crippen LogP contribution in [-0.4, -0.2) is 33.1 Å². The van der Waals surface area contributed by atoms with E-state index in [2.05, 4.69) is 9.97 Å². The van der Waals surface area contributed by atoms with Gasteiger partial charge in [-0.2, -0.15) is 0 Å². The molecule has 0 spiro atoms. The third-order valence-electron chi connectivity index (χ3n) is 4.53. The first-order valence-electron chi connectivity index (χ1n) is 8.43. The van der Waals surface area contributed by atoms with Crippen LogP contribution in [0.25, 0.3) is 11.0 Å². The number of hydrogen-bond acceptors (Lipinski definition) is 3. The van der Waals surface area contributed by atoms with E-state index in [1.54, 1.807) is 18.2 Å². The van der Waals surface area contributed by atoms with Crippen LogP contribution in [0.1, 0.15) is 24.7 Å². The maximum Gasteiger partial charge on any atom is 0.233 e. The molecule has 4 nitrogen and oxygen atoms in total. The maximum atomic E-state index is 13.4. The lowest BCUT2D eigenvalue weighted by Crippen LogP contribution is -2.32. The summed E-state index contributed by atoms with van der Waals surface area (Å²) in [6, 6.07) is 10.4. The zero-order valence-corrected chi connectivity index (χ0v) is 14.7. The molecule has 1 fully saturated rings. The number of benzene rings is 2. The highest BCUT2D eigenvalue weighted by molar-refractivity contribution is 8.00. The Bertz CT molecular complexity index is 942. The van der Waals surface area contributed by atoms with Crippen LogP contribution >= 0.6 is 11.8 Å². The molecule has 0 radical (unpaired) electrons. The summed E-state index contributed by atoms with van der Waals surface area (Å²) in [6.07, 6.45) is 1.73. The van der Waals surface area contributed by atoms with Crippen molar-refractivity contribution in [2.75, 3.05) is 12.3 Å². The number of nitrogens with one attached hydrogen (secondary N) is 1. The van der Waals surface area contributed by atoms with E-state index in [0.717, 1.165) is 17.7 Å². The largest absolute Gasteiger partial charge is 0.340 e. The number of halogens is 2. The van der Waals surface area contributed by atoms with Crippen molar-refractivity contribution in [1.82, 2.24) is 14.9 Å². The third kappa shape index (κ3) is 3.44. The highest BCUT2D eigenvalue weighted by Crippen LogP contribution is 2.32. The predicted molar refractivity (Wildman–Crippen MR) is 96.9 cm³/mol. The van der Waals surface area contributed by atoms with Crippen LogP contribution in [-0.2, 0) is 4.79 Å². The van der Waals surface area contributed by atoms with Crippen molar-refractivity contribution < 1.29 is 13.6 Å². The fourth-order valence-corrected chi connectivity index (χ4v) is 4.05. The van der Waals surface area contributed by atoms with Crippen molar-refractivity contribution in [2.45, 2.75) is 23.8 Å². The highest BCUT2D eigenvalue weighted by Gasteiger charge is 2.32. The summed E-state index contributed by atoms with van der Waals surface area (Å²) in [5, 5.41) is 0. The Morgan fingerprint density at radius 3 is 2.77 bits per heavy atom. The van der Waals surface area contributed by atoms with Gasteiger partial charge in [-0.05, 0) is 55.3 Å². The standard InChI is InChI=1S/C19H17F2N3OS/c20-12-3-6-14(7-4-12)26-11-18(25)24-9-1-2-17(24)19-22-15-8-5-13(21)10-16(15)23-19/h3-8,10,17H,1-2,9,11H2,(H,22,23). The minimum Gasteiger partial charge on any atom is -0.340 e. The summed E-state index contributed by atoms with van der Waals surface area (Å²) in [6.45, 7) is 0.679. The van der Waals surface area contributed by atoms with Crippen molar-refractivity contribution >= 4 is 28.7 Å². The predicted octanol–water partition coefficient (Wildman–Crippen LogP) is 4.30. The molecule has 2 aromatic carbocycles. The molecule has 2 heterocycles. The van der Waals surface area contributed by atoms with Gasteiger partial charge in [0, 0.05) is 11.4 Å². The second-order valence-electron chi connectivity index (χ2n) is 6.27. The van der Waals surface area contributed by atoms with E-state index in [4.69, 9.17) is 0 Å². The molecular weight excluding hydrogens is 356 g/mol. The minimum absolute atomic E-state index is 0.0217. The lowest BCUT2D eigenvalue weighted by molar-refractivity contribution is -0.129. The lowest BCUT2D eigenvalue weighted by Gasteiger charge is -2.23. The second-order valence-corrected chi connectivity index (χ2v) is 7.32. The zero-order chi connectivity index (χ0) is 18.1. The molecule has 1 saturated heterocycles. The second kappa shape index (κ2) is 7.07. The number of imidazole rings is 1. The number of nitrogens with zero attached hydrogens (tertiary/aromatic N) is 2. The number of fused-ring (bicyclic) bond motifs is 1. The van der Waals surface area contributed by atoms with E-state index in [-0.39, 0.29) is 29.3 Å². The zero-order valence-electron chi connectivity index (χ0n) is 13.9. The van der Waals surface area contributed by atoms with Gasteiger partial charge >= 0.3 is 0 Å². The Kier molecular flexibility index (Phi) is 4.63. The van der Waals surface area contributed by atoms with Crippen LogP contribution in [0.2, 0.25) is 0 Å². The summed E-state index contributed by atoms with van der Waals surface area (Å²) >= 11 is 1.39. The minimum atomic E-state index is -0.317. The van der Waals surface area contributed by atoms with Gasteiger partial charge in [-0.15, -0.1) is 11.8 Å². The number of amides is 1. The Morgan fingerprint density at radius 1 is 1.19 bits per heavy atom. The van der Waals surface area contributed by atoms with Gasteiger partial charge in [-0.25, -0.2) is 13.8 Å². The van der Waals surface area contributed by atoms with Crippen LogP contribution in [0, 0.1) is 11.6 Å². The van der Waals surface area contributed by atoms with E-state index < -0.39 is 0 Å². The van der Waals surface area contributed by atoms with Crippen LogP contribution in [0.15, 0.2) is 47.4 Å². The molecule has 134 valence electrons. The Hall–Kier alpha value is -2.41. The fourth-order valence-electron chi connectivity index (χ4n) is 3.27. The van der Waals surface area contributed by atoms with Gasteiger partial charge in [0.15, 0.2) is 0 Å². The molecule has 4 rings (SSSR count). The number of aromatic nitrogens is 2. The van der Waals surface area contributed by atoms with Gasteiger partial charge in [0.1, 0.15) is 17.5 Å². The molecule has 1 aromatic heterocycles. The van der Waals surface area contributed by atoms with E-state index in [0.29, 0.717) is 23.4 Å². The average Bonchev–Trinajstić information content (AvgIpc) is 3.27. The lowest BCUT2D eigenvalue weighted by atomic mass is 10.2. The normalized spacial score (nSPS) is 17.2.